The van der Waals surface area contributed by atoms with Crippen molar-refractivity contribution in [1.29, 1.82) is 0 Å². The van der Waals surface area contributed by atoms with E-state index in [9.17, 15) is 0 Å². The summed E-state index contributed by atoms with van der Waals surface area (Å²) in [6.07, 6.45) is 1.89. The van der Waals surface area contributed by atoms with Crippen LogP contribution in [-0.4, -0.2) is 42.1 Å². The molecule has 19 heavy (non-hydrogen) atoms. The molecule has 6 nitrogen and oxygen atoms in total. The molecule has 0 aromatic carbocycles. The highest BCUT2D eigenvalue weighted by atomic mass is 15.2. The van der Waals surface area contributed by atoms with Crippen LogP contribution in [0.25, 0.3) is 0 Å². The van der Waals surface area contributed by atoms with Gasteiger partial charge in [-0.05, 0) is 26.1 Å². The van der Waals surface area contributed by atoms with E-state index in [-0.39, 0.29) is 0 Å². The largest absolute Gasteiger partial charge is 0.369 e. The van der Waals surface area contributed by atoms with Gasteiger partial charge in [0.1, 0.15) is 23.3 Å². The Bertz CT molecular complexity index is 508. The molecular formula is C13H20N6. The second-order valence-electron chi connectivity index (χ2n) is 4.30. The van der Waals surface area contributed by atoms with Crippen molar-refractivity contribution in [3.8, 4) is 0 Å². The Kier molecular flexibility index (Phi) is 4.35. The molecule has 3 N–H and O–H groups in total. The highest BCUT2D eigenvalue weighted by Crippen LogP contribution is 2.21. The number of hydrogen-bond donors (Lipinski definition) is 3. The smallest absolute Gasteiger partial charge is 0.139 e. The van der Waals surface area contributed by atoms with Crippen LogP contribution in [0.5, 0.6) is 0 Å². The Hall–Kier alpha value is -2.08. The predicted molar refractivity (Wildman–Crippen MR) is 78.0 cm³/mol. The van der Waals surface area contributed by atoms with Crippen molar-refractivity contribution < 1.29 is 0 Å². The first kappa shape index (κ1) is 13.4. The fourth-order valence-electron chi connectivity index (χ4n) is 1.78. The van der Waals surface area contributed by atoms with Gasteiger partial charge in [-0.25, -0.2) is 9.97 Å². The van der Waals surface area contributed by atoms with Crippen LogP contribution in [0.2, 0.25) is 0 Å². The van der Waals surface area contributed by atoms with Crippen LogP contribution in [0.1, 0.15) is 5.82 Å². The maximum Gasteiger partial charge on any atom is 0.139 e. The van der Waals surface area contributed by atoms with Gasteiger partial charge in [-0.1, -0.05) is 0 Å². The molecule has 0 spiro atoms. The number of nitrogens with one attached hydrogen (secondary N) is 3. The van der Waals surface area contributed by atoms with Gasteiger partial charge in [0.05, 0.1) is 0 Å². The minimum Gasteiger partial charge on any atom is -0.369 e. The Morgan fingerprint density at radius 2 is 2.16 bits per heavy atom. The zero-order chi connectivity index (χ0) is 13.7. The molecule has 0 saturated carbocycles. The van der Waals surface area contributed by atoms with Crippen molar-refractivity contribution >= 4 is 17.5 Å². The van der Waals surface area contributed by atoms with E-state index in [0.29, 0.717) is 0 Å². The number of rotatable bonds is 6. The molecule has 102 valence electrons. The fraction of sp³-hybridized carbons (Fsp3) is 0.385. The van der Waals surface area contributed by atoms with Gasteiger partial charge in [0.25, 0.3) is 0 Å². The summed E-state index contributed by atoms with van der Waals surface area (Å²) >= 11 is 0. The Labute approximate surface area is 113 Å². The fourth-order valence-corrected chi connectivity index (χ4v) is 1.78. The topological polar surface area (TPSA) is 68.9 Å². The molecule has 0 bridgehead atoms. The number of likely N-dealkylation sites (N-methyl/N-ethyl adjacent to an activating group) is 1. The van der Waals surface area contributed by atoms with Gasteiger partial charge in [0.2, 0.25) is 0 Å². The molecule has 2 aromatic heterocycles. The molecular weight excluding hydrogens is 240 g/mol. The summed E-state index contributed by atoms with van der Waals surface area (Å²) in [5.41, 5.74) is 0. The van der Waals surface area contributed by atoms with Gasteiger partial charge < -0.3 is 20.5 Å². The Morgan fingerprint density at radius 1 is 1.32 bits per heavy atom. The molecule has 0 amide bonds. The van der Waals surface area contributed by atoms with E-state index in [1.54, 1.807) is 0 Å². The minimum absolute atomic E-state index is 0.753. The van der Waals surface area contributed by atoms with Crippen molar-refractivity contribution in [3.63, 3.8) is 0 Å². The van der Waals surface area contributed by atoms with E-state index in [1.165, 1.54) is 0 Å². The van der Waals surface area contributed by atoms with Crippen molar-refractivity contribution in [1.82, 2.24) is 20.3 Å². The average molecular weight is 260 g/mol. The first-order valence-corrected chi connectivity index (χ1v) is 6.32. The van der Waals surface area contributed by atoms with Crippen LogP contribution in [0.15, 0.2) is 24.4 Å². The number of aromatic amines is 1. The molecule has 0 unspecified atom stereocenters. The van der Waals surface area contributed by atoms with E-state index < -0.39 is 0 Å². The molecule has 0 aliphatic heterocycles. The molecule has 2 aromatic rings. The lowest BCUT2D eigenvalue weighted by molar-refractivity contribution is 0.819. The summed E-state index contributed by atoms with van der Waals surface area (Å²) in [5.74, 6) is 3.46. The van der Waals surface area contributed by atoms with Gasteiger partial charge in [0, 0.05) is 32.4 Å². The summed E-state index contributed by atoms with van der Waals surface area (Å²) in [4.78, 5) is 14.0. The lowest BCUT2D eigenvalue weighted by atomic mass is 10.4. The number of hydrogen-bond acceptors (Lipinski definition) is 5. The summed E-state index contributed by atoms with van der Waals surface area (Å²) < 4.78 is 0. The molecule has 0 aliphatic rings. The molecule has 0 atom stereocenters. The number of anilines is 3. The van der Waals surface area contributed by atoms with Crippen molar-refractivity contribution in [2.75, 3.05) is 37.4 Å². The van der Waals surface area contributed by atoms with Crippen LogP contribution >= 0.6 is 0 Å². The first-order valence-electron chi connectivity index (χ1n) is 6.32. The van der Waals surface area contributed by atoms with Gasteiger partial charge in [-0.3, -0.25) is 0 Å². The quantitative estimate of drug-likeness (QED) is 0.687. The predicted octanol–water partition coefficient (Wildman–Crippen LogP) is 1.51. The summed E-state index contributed by atoms with van der Waals surface area (Å²) in [5, 5.41) is 6.37. The Morgan fingerprint density at radius 3 is 2.84 bits per heavy atom. The summed E-state index contributed by atoms with van der Waals surface area (Å²) in [6.45, 7) is 3.62. The highest BCUT2D eigenvalue weighted by Gasteiger charge is 2.08. The van der Waals surface area contributed by atoms with Crippen LogP contribution in [0.3, 0.4) is 0 Å². The molecule has 0 radical (unpaired) electrons. The van der Waals surface area contributed by atoms with Gasteiger partial charge in [0.15, 0.2) is 0 Å². The van der Waals surface area contributed by atoms with Crippen LogP contribution in [0.4, 0.5) is 17.5 Å². The van der Waals surface area contributed by atoms with Crippen molar-refractivity contribution in [2.24, 2.45) is 0 Å². The summed E-state index contributed by atoms with van der Waals surface area (Å²) in [7, 11) is 3.91. The zero-order valence-electron chi connectivity index (χ0n) is 11.6. The third-order valence-corrected chi connectivity index (χ3v) is 2.79. The maximum atomic E-state index is 4.46. The molecule has 0 fully saturated rings. The van der Waals surface area contributed by atoms with Gasteiger partial charge in [-0.15, -0.1) is 0 Å². The molecule has 2 heterocycles. The number of H-pyrrole nitrogens is 1. The lowest BCUT2D eigenvalue weighted by Crippen LogP contribution is -2.19. The standard InChI is InChI=1S/C13H20N6/c1-10-17-11(15-8-7-14-2)9-13(18-10)19(3)12-5-4-6-16-12/h4-6,9,14,16H,7-8H2,1-3H3,(H,15,17,18). The summed E-state index contributed by atoms with van der Waals surface area (Å²) in [6, 6.07) is 5.92. The number of aromatic nitrogens is 3. The van der Waals surface area contributed by atoms with Crippen LogP contribution in [0, 0.1) is 6.92 Å². The van der Waals surface area contributed by atoms with E-state index in [2.05, 4.69) is 25.6 Å². The monoisotopic (exact) mass is 260 g/mol. The molecule has 0 saturated heterocycles. The third-order valence-electron chi connectivity index (χ3n) is 2.79. The average Bonchev–Trinajstić information content (AvgIpc) is 2.91. The second-order valence-corrected chi connectivity index (χ2v) is 4.30. The maximum absolute atomic E-state index is 4.46. The van der Waals surface area contributed by atoms with E-state index in [0.717, 1.165) is 36.4 Å². The first-order chi connectivity index (χ1) is 9.20. The second kappa shape index (κ2) is 6.19. The van der Waals surface area contributed by atoms with Crippen molar-refractivity contribution in [3.05, 3.63) is 30.2 Å². The molecule has 2 rings (SSSR count). The van der Waals surface area contributed by atoms with E-state index in [4.69, 9.17) is 0 Å². The SMILES string of the molecule is CNCCNc1cc(N(C)c2ccc[nH]2)nc(C)n1. The normalized spacial score (nSPS) is 10.5. The van der Waals surface area contributed by atoms with E-state index in [1.807, 2.05) is 50.3 Å². The molecule has 0 aliphatic carbocycles. The third kappa shape index (κ3) is 3.45. The number of nitrogens with zero attached hydrogens (tertiary/aromatic N) is 3. The van der Waals surface area contributed by atoms with Crippen LogP contribution < -0.4 is 15.5 Å². The van der Waals surface area contributed by atoms with Gasteiger partial charge in [-0.2, -0.15) is 0 Å². The van der Waals surface area contributed by atoms with E-state index >= 15 is 0 Å². The Balaban J connectivity index is 2.16. The highest BCUT2D eigenvalue weighted by molar-refractivity contribution is 5.58. The minimum atomic E-state index is 0.753. The molecule has 6 heteroatoms. The number of aryl methyl sites for hydroxylation is 1. The van der Waals surface area contributed by atoms with Gasteiger partial charge >= 0.3 is 0 Å². The van der Waals surface area contributed by atoms with Crippen LogP contribution in [-0.2, 0) is 0 Å². The lowest BCUT2D eigenvalue weighted by Gasteiger charge is -2.17. The van der Waals surface area contributed by atoms with Crippen molar-refractivity contribution in [2.45, 2.75) is 6.92 Å². The zero-order valence-corrected chi connectivity index (χ0v) is 11.6.